The molecule has 0 saturated heterocycles. The third kappa shape index (κ3) is 4.42. The molecule has 0 fully saturated rings. The van der Waals surface area contributed by atoms with Crippen LogP contribution in [0.15, 0.2) is 24.3 Å². The van der Waals surface area contributed by atoms with Gasteiger partial charge < -0.3 is 5.32 Å². The van der Waals surface area contributed by atoms with Crippen molar-refractivity contribution in [1.29, 1.82) is 0 Å². The summed E-state index contributed by atoms with van der Waals surface area (Å²) in [6.07, 6.45) is 0. The molecule has 0 aromatic heterocycles. The summed E-state index contributed by atoms with van der Waals surface area (Å²) < 4.78 is 0. The Morgan fingerprint density at radius 2 is 2.00 bits per heavy atom. The molecule has 80 valence electrons. The minimum Gasteiger partial charge on any atom is -0.346 e. The van der Waals surface area contributed by atoms with Crippen LogP contribution >= 0.6 is 11.6 Å². The lowest BCUT2D eigenvalue weighted by Gasteiger charge is -2.02. The molecule has 1 rings (SSSR count). The fourth-order valence-corrected chi connectivity index (χ4v) is 1.10. The van der Waals surface area contributed by atoms with E-state index in [2.05, 4.69) is 5.32 Å². The third-order valence-electron chi connectivity index (χ3n) is 1.68. The maximum Gasteiger partial charge on any atom is 0.292 e. The van der Waals surface area contributed by atoms with Crippen LogP contribution in [0, 0.1) is 10.1 Å². The second kappa shape index (κ2) is 5.31. The highest BCUT2D eigenvalue weighted by atomic mass is 35.5. The van der Waals surface area contributed by atoms with Gasteiger partial charge in [-0.1, -0.05) is 23.7 Å². The van der Waals surface area contributed by atoms with Crippen LogP contribution in [0.1, 0.15) is 5.56 Å². The van der Waals surface area contributed by atoms with Crippen LogP contribution in [0.25, 0.3) is 0 Å². The number of carbonyl (C=O) groups excluding carboxylic acids is 1. The van der Waals surface area contributed by atoms with Gasteiger partial charge in [-0.05, 0) is 17.7 Å². The quantitative estimate of drug-likeness (QED) is 0.622. The number of nitrogens with one attached hydrogen (secondary N) is 1. The number of amides is 1. The van der Waals surface area contributed by atoms with E-state index in [-0.39, 0.29) is 6.54 Å². The summed E-state index contributed by atoms with van der Waals surface area (Å²) in [5.74, 6) is -0.602. The number of hydrogen-bond donors (Lipinski definition) is 1. The first-order valence-corrected chi connectivity index (χ1v) is 4.58. The monoisotopic (exact) mass is 228 g/mol. The third-order valence-corrected chi connectivity index (χ3v) is 1.93. The lowest BCUT2D eigenvalue weighted by molar-refractivity contribution is -0.467. The van der Waals surface area contributed by atoms with Crippen LogP contribution in [0.5, 0.6) is 0 Å². The van der Waals surface area contributed by atoms with E-state index in [1.807, 2.05) is 0 Å². The first kappa shape index (κ1) is 11.5. The van der Waals surface area contributed by atoms with Crippen molar-refractivity contribution in [2.24, 2.45) is 0 Å². The number of hydrogen-bond acceptors (Lipinski definition) is 3. The Balaban J connectivity index is 2.40. The van der Waals surface area contributed by atoms with Crippen molar-refractivity contribution < 1.29 is 9.72 Å². The number of halogens is 1. The van der Waals surface area contributed by atoms with Gasteiger partial charge in [0.25, 0.3) is 12.5 Å². The van der Waals surface area contributed by atoms with Crippen molar-refractivity contribution in [3.8, 4) is 0 Å². The zero-order valence-electron chi connectivity index (χ0n) is 7.77. The highest BCUT2D eigenvalue weighted by Crippen LogP contribution is 2.08. The van der Waals surface area contributed by atoms with Crippen molar-refractivity contribution in [2.45, 2.75) is 6.54 Å². The first-order chi connectivity index (χ1) is 7.08. The Hall–Kier alpha value is -1.62. The van der Waals surface area contributed by atoms with E-state index in [1.54, 1.807) is 24.3 Å². The van der Waals surface area contributed by atoms with Gasteiger partial charge in [0.1, 0.15) is 0 Å². The molecule has 0 aliphatic rings. The predicted molar refractivity (Wildman–Crippen MR) is 55.2 cm³/mol. The average Bonchev–Trinajstić information content (AvgIpc) is 2.16. The van der Waals surface area contributed by atoms with E-state index < -0.39 is 17.4 Å². The Labute approximate surface area is 91.2 Å². The molecule has 5 nitrogen and oxygen atoms in total. The highest BCUT2D eigenvalue weighted by molar-refractivity contribution is 6.30. The smallest absolute Gasteiger partial charge is 0.292 e. The number of rotatable bonds is 4. The van der Waals surface area contributed by atoms with E-state index >= 15 is 0 Å². The fraction of sp³-hybridized carbons (Fsp3) is 0.222. The van der Waals surface area contributed by atoms with E-state index in [0.29, 0.717) is 5.02 Å². The molecule has 0 spiro atoms. The summed E-state index contributed by atoms with van der Waals surface area (Å²) in [5.41, 5.74) is 0.844. The molecular formula is C9H9ClN2O3. The molecule has 1 N–H and O–H groups in total. The van der Waals surface area contributed by atoms with Crippen LogP contribution in [0.3, 0.4) is 0 Å². The van der Waals surface area contributed by atoms with Gasteiger partial charge in [-0.2, -0.15) is 0 Å². The van der Waals surface area contributed by atoms with Crippen LogP contribution in [-0.4, -0.2) is 17.4 Å². The molecule has 1 aromatic rings. The Bertz CT molecular complexity index is 364. The molecule has 0 atom stereocenters. The van der Waals surface area contributed by atoms with Gasteiger partial charge in [0.2, 0.25) is 0 Å². The van der Waals surface area contributed by atoms with Gasteiger partial charge in [0, 0.05) is 16.5 Å². The average molecular weight is 229 g/mol. The second-order valence-corrected chi connectivity index (χ2v) is 3.33. The van der Waals surface area contributed by atoms with Gasteiger partial charge in [0.05, 0.1) is 0 Å². The Morgan fingerprint density at radius 3 is 2.53 bits per heavy atom. The molecule has 0 bridgehead atoms. The predicted octanol–water partition coefficient (Wildman–Crippen LogP) is 1.23. The SMILES string of the molecule is O=C(C[N+](=O)[O-])NCc1ccc(Cl)cc1. The van der Waals surface area contributed by atoms with Crippen molar-refractivity contribution in [3.05, 3.63) is 45.0 Å². The summed E-state index contributed by atoms with van der Waals surface area (Å²) in [7, 11) is 0. The zero-order chi connectivity index (χ0) is 11.3. The second-order valence-electron chi connectivity index (χ2n) is 2.89. The normalized spacial score (nSPS) is 9.67. The molecule has 15 heavy (non-hydrogen) atoms. The minimum absolute atomic E-state index is 0.268. The van der Waals surface area contributed by atoms with E-state index in [4.69, 9.17) is 11.6 Å². The zero-order valence-corrected chi connectivity index (χ0v) is 8.53. The van der Waals surface area contributed by atoms with E-state index in [9.17, 15) is 14.9 Å². The molecule has 0 unspecified atom stereocenters. The highest BCUT2D eigenvalue weighted by Gasteiger charge is 2.07. The van der Waals surface area contributed by atoms with Crippen LogP contribution < -0.4 is 5.32 Å². The van der Waals surface area contributed by atoms with Crippen molar-refractivity contribution in [2.75, 3.05) is 6.54 Å². The summed E-state index contributed by atoms with van der Waals surface area (Å²) in [6, 6.07) is 6.87. The molecule has 0 aliphatic carbocycles. The summed E-state index contributed by atoms with van der Waals surface area (Å²) in [4.78, 5) is 20.2. The maximum atomic E-state index is 10.9. The van der Waals surface area contributed by atoms with Crippen LogP contribution in [0.2, 0.25) is 5.02 Å². The standard InChI is InChI=1S/C9H9ClN2O3/c10-8-3-1-7(2-4-8)5-11-9(13)6-12(14)15/h1-4H,5-6H2,(H,11,13). The Morgan fingerprint density at radius 1 is 1.40 bits per heavy atom. The topological polar surface area (TPSA) is 72.2 Å². The molecule has 0 aliphatic heterocycles. The van der Waals surface area contributed by atoms with Gasteiger partial charge in [0.15, 0.2) is 0 Å². The molecular weight excluding hydrogens is 220 g/mol. The summed E-state index contributed by atoms with van der Waals surface area (Å²) in [6.45, 7) is -0.433. The van der Waals surface area contributed by atoms with Gasteiger partial charge >= 0.3 is 0 Å². The van der Waals surface area contributed by atoms with Crippen LogP contribution in [-0.2, 0) is 11.3 Å². The number of nitrogens with zero attached hydrogens (tertiary/aromatic N) is 1. The van der Waals surface area contributed by atoms with E-state index in [0.717, 1.165) is 5.56 Å². The van der Waals surface area contributed by atoms with Gasteiger partial charge in [-0.3, -0.25) is 14.9 Å². The molecule has 1 aromatic carbocycles. The number of benzene rings is 1. The summed E-state index contributed by atoms with van der Waals surface area (Å²) in [5, 5.41) is 13.0. The molecule has 0 heterocycles. The molecule has 6 heteroatoms. The number of carbonyl (C=O) groups is 1. The fourth-order valence-electron chi connectivity index (χ4n) is 0.976. The van der Waals surface area contributed by atoms with E-state index in [1.165, 1.54) is 0 Å². The van der Waals surface area contributed by atoms with Crippen molar-refractivity contribution in [3.63, 3.8) is 0 Å². The first-order valence-electron chi connectivity index (χ1n) is 4.21. The molecule has 0 saturated carbocycles. The minimum atomic E-state index is -0.701. The number of nitro groups is 1. The van der Waals surface area contributed by atoms with Crippen LogP contribution in [0.4, 0.5) is 0 Å². The van der Waals surface area contributed by atoms with Gasteiger partial charge in [-0.15, -0.1) is 0 Å². The Kier molecular flexibility index (Phi) is 4.05. The molecule has 1 amide bonds. The van der Waals surface area contributed by atoms with Crippen molar-refractivity contribution >= 4 is 17.5 Å². The van der Waals surface area contributed by atoms with Gasteiger partial charge in [-0.25, -0.2) is 0 Å². The lowest BCUT2D eigenvalue weighted by Crippen LogP contribution is -2.29. The van der Waals surface area contributed by atoms with Crippen molar-refractivity contribution in [1.82, 2.24) is 5.32 Å². The maximum absolute atomic E-state index is 10.9. The molecule has 0 radical (unpaired) electrons. The summed E-state index contributed by atoms with van der Waals surface area (Å²) >= 11 is 5.67. The lowest BCUT2D eigenvalue weighted by atomic mass is 10.2. The largest absolute Gasteiger partial charge is 0.346 e.